The summed E-state index contributed by atoms with van der Waals surface area (Å²) in [7, 11) is 0. The molecule has 0 fully saturated rings. The summed E-state index contributed by atoms with van der Waals surface area (Å²) in [5, 5.41) is 5.95. The Morgan fingerprint density at radius 3 is 3.27 bits per heavy atom. The number of amides is 1. The number of H-pyrrole nitrogens is 1. The smallest absolute Gasteiger partial charge is 0.253 e. The fraction of sp³-hybridized carbons (Fsp3) is 0.0714. The van der Waals surface area contributed by atoms with Crippen LogP contribution >= 0.6 is 22.9 Å². The van der Waals surface area contributed by atoms with Crippen LogP contribution in [-0.2, 0) is 6.54 Å². The summed E-state index contributed by atoms with van der Waals surface area (Å²) >= 11 is 7.70. The number of thiazole rings is 1. The molecule has 4 aromatic rings. The maximum atomic E-state index is 12.3. The van der Waals surface area contributed by atoms with Crippen molar-refractivity contribution in [2.75, 3.05) is 0 Å². The van der Waals surface area contributed by atoms with E-state index < -0.39 is 0 Å². The lowest BCUT2D eigenvalue weighted by Gasteiger charge is -2.02. The molecular formula is C14H10ClN5OS. The van der Waals surface area contributed by atoms with Crippen molar-refractivity contribution in [3.8, 4) is 0 Å². The third kappa shape index (κ3) is 2.15. The number of fused-ring (bicyclic) bond motifs is 2. The first kappa shape index (κ1) is 13.3. The molecule has 6 nitrogen and oxygen atoms in total. The highest BCUT2D eigenvalue weighted by Gasteiger charge is 2.15. The van der Waals surface area contributed by atoms with Crippen LogP contribution in [0, 0.1) is 0 Å². The SMILES string of the molecule is O=C(NCc1cn2ccsc2n1)c1c[nH]c2nccc(Cl)c12. The molecule has 0 radical (unpaired) electrons. The lowest BCUT2D eigenvalue weighted by molar-refractivity contribution is 0.0952. The molecule has 2 N–H and O–H groups in total. The molecule has 0 saturated heterocycles. The number of nitrogens with zero attached hydrogens (tertiary/aromatic N) is 3. The predicted molar refractivity (Wildman–Crippen MR) is 85.3 cm³/mol. The number of rotatable bonds is 3. The zero-order valence-electron chi connectivity index (χ0n) is 11.2. The second kappa shape index (κ2) is 5.11. The Bertz CT molecular complexity index is 957. The summed E-state index contributed by atoms with van der Waals surface area (Å²) in [5.41, 5.74) is 1.89. The van der Waals surface area contributed by atoms with E-state index in [-0.39, 0.29) is 5.91 Å². The van der Waals surface area contributed by atoms with Crippen molar-refractivity contribution in [3.05, 3.63) is 52.5 Å². The summed E-state index contributed by atoms with van der Waals surface area (Å²) in [5.74, 6) is -0.211. The normalized spacial score (nSPS) is 11.3. The zero-order chi connectivity index (χ0) is 15.1. The molecule has 22 heavy (non-hydrogen) atoms. The predicted octanol–water partition coefficient (Wildman–Crippen LogP) is 2.86. The molecule has 0 bridgehead atoms. The zero-order valence-corrected chi connectivity index (χ0v) is 12.8. The van der Waals surface area contributed by atoms with Crippen LogP contribution in [-0.4, -0.2) is 25.3 Å². The van der Waals surface area contributed by atoms with Gasteiger partial charge in [-0.3, -0.25) is 9.20 Å². The first-order chi connectivity index (χ1) is 10.7. The Labute approximate surface area is 133 Å². The third-order valence-electron chi connectivity index (χ3n) is 3.34. The highest BCUT2D eigenvalue weighted by Crippen LogP contribution is 2.24. The molecule has 0 aliphatic rings. The number of hydrogen-bond donors (Lipinski definition) is 2. The van der Waals surface area contributed by atoms with Gasteiger partial charge in [-0.1, -0.05) is 11.6 Å². The van der Waals surface area contributed by atoms with Gasteiger partial charge in [-0.25, -0.2) is 9.97 Å². The van der Waals surface area contributed by atoms with Crippen LogP contribution in [0.15, 0.2) is 36.2 Å². The molecule has 0 atom stereocenters. The average molecular weight is 332 g/mol. The maximum Gasteiger partial charge on any atom is 0.253 e. The van der Waals surface area contributed by atoms with E-state index in [0.29, 0.717) is 28.2 Å². The summed E-state index contributed by atoms with van der Waals surface area (Å²) in [6.45, 7) is 0.359. The number of hydrogen-bond acceptors (Lipinski definition) is 4. The molecule has 0 aromatic carbocycles. The van der Waals surface area contributed by atoms with Gasteiger partial charge >= 0.3 is 0 Å². The van der Waals surface area contributed by atoms with Crippen LogP contribution in [0.1, 0.15) is 16.1 Å². The largest absolute Gasteiger partial charge is 0.346 e. The molecule has 4 heterocycles. The quantitative estimate of drug-likeness (QED) is 0.606. The van der Waals surface area contributed by atoms with Crippen LogP contribution in [0.2, 0.25) is 5.02 Å². The minimum absolute atomic E-state index is 0.211. The van der Waals surface area contributed by atoms with Crippen LogP contribution in [0.25, 0.3) is 16.0 Å². The Morgan fingerprint density at radius 1 is 1.50 bits per heavy atom. The van der Waals surface area contributed by atoms with Crippen LogP contribution in [0.4, 0.5) is 0 Å². The number of pyridine rings is 1. The fourth-order valence-electron chi connectivity index (χ4n) is 2.32. The molecule has 0 aliphatic carbocycles. The molecule has 0 saturated carbocycles. The van der Waals surface area contributed by atoms with Crippen molar-refractivity contribution < 1.29 is 4.79 Å². The molecular weight excluding hydrogens is 322 g/mol. The van der Waals surface area contributed by atoms with Crippen LogP contribution < -0.4 is 5.32 Å². The van der Waals surface area contributed by atoms with Gasteiger partial charge in [0.2, 0.25) is 0 Å². The van der Waals surface area contributed by atoms with E-state index >= 15 is 0 Å². The van der Waals surface area contributed by atoms with Gasteiger partial charge in [0.15, 0.2) is 4.96 Å². The lowest BCUT2D eigenvalue weighted by Crippen LogP contribution is -2.22. The van der Waals surface area contributed by atoms with Gasteiger partial charge in [-0.05, 0) is 6.07 Å². The first-order valence-corrected chi connectivity index (χ1v) is 7.79. The summed E-state index contributed by atoms with van der Waals surface area (Å²) in [6, 6.07) is 1.66. The van der Waals surface area contributed by atoms with Crippen molar-refractivity contribution in [1.82, 2.24) is 24.7 Å². The number of aromatic amines is 1. The summed E-state index contributed by atoms with van der Waals surface area (Å²) in [4.78, 5) is 24.8. The van der Waals surface area contributed by atoms with E-state index in [1.807, 2.05) is 22.2 Å². The van der Waals surface area contributed by atoms with E-state index in [9.17, 15) is 4.79 Å². The monoisotopic (exact) mass is 331 g/mol. The van der Waals surface area contributed by atoms with E-state index in [2.05, 4.69) is 20.3 Å². The average Bonchev–Trinajstić information content (AvgIpc) is 3.18. The van der Waals surface area contributed by atoms with E-state index in [1.165, 1.54) is 0 Å². The van der Waals surface area contributed by atoms with E-state index in [4.69, 9.17) is 11.6 Å². The Kier molecular flexibility index (Phi) is 3.09. The van der Waals surface area contributed by atoms with Gasteiger partial charge in [-0.2, -0.15) is 0 Å². The number of imidazole rings is 1. The minimum Gasteiger partial charge on any atom is -0.346 e. The van der Waals surface area contributed by atoms with Gasteiger partial charge in [-0.15, -0.1) is 11.3 Å². The fourth-order valence-corrected chi connectivity index (χ4v) is 3.29. The molecule has 4 aromatic heterocycles. The molecule has 0 aliphatic heterocycles. The van der Waals surface area contributed by atoms with Crippen LogP contribution in [0.3, 0.4) is 0 Å². The first-order valence-electron chi connectivity index (χ1n) is 6.53. The number of carbonyl (C=O) groups is 1. The summed E-state index contributed by atoms with van der Waals surface area (Å²) < 4.78 is 1.93. The highest BCUT2D eigenvalue weighted by molar-refractivity contribution is 7.15. The number of halogens is 1. The molecule has 0 spiro atoms. The minimum atomic E-state index is -0.211. The molecule has 110 valence electrons. The van der Waals surface area contributed by atoms with E-state index in [0.717, 1.165) is 10.7 Å². The molecule has 0 unspecified atom stereocenters. The Balaban J connectivity index is 1.57. The van der Waals surface area contributed by atoms with Gasteiger partial charge in [0, 0.05) is 30.2 Å². The van der Waals surface area contributed by atoms with Gasteiger partial charge in [0.05, 0.1) is 28.2 Å². The number of carbonyl (C=O) groups excluding carboxylic acids is 1. The lowest BCUT2D eigenvalue weighted by atomic mass is 10.2. The van der Waals surface area contributed by atoms with Gasteiger partial charge in [0.25, 0.3) is 5.91 Å². The second-order valence-corrected chi connectivity index (χ2v) is 6.01. The second-order valence-electron chi connectivity index (χ2n) is 4.73. The number of nitrogens with one attached hydrogen (secondary N) is 2. The maximum absolute atomic E-state index is 12.3. The molecule has 8 heteroatoms. The van der Waals surface area contributed by atoms with Crippen molar-refractivity contribution in [1.29, 1.82) is 0 Å². The van der Waals surface area contributed by atoms with Crippen molar-refractivity contribution in [3.63, 3.8) is 0 Å². The Hall–Kier alpha value is -2.38. The van der Waals surface area contributed by atoms with Gasteiger partial charge < -0.3 is 10.3 Å². The molecule has 1 amide bonds. The Morgan fingerprint density at radius 2 is 2.41 bits per heavy atom. The highest BCUT2D eigenvalue weighted by atomic mass is 35.5. The van der Waals surface area contributed by atoms with Crippen molar-refractivity contribution >= 4 is 44.8 Å². The summed E-state index contributed by atoms with van der Waals surface area (Å²) in [6.07, 6.45) is 7.05. The van der Waals surface area contributed by atoms with Gasteiger partial charge in [0.1, 0.15) is 5.65 Å². The standard InChI is InChI=1S/C14H10ClN5OS/c15-10-1-2-16-12-11(10)9(6-17-12)13(21)18-5-8-7-20-3-4-22-14(20)19-8/h1-4,6-7H,5H2,(H,16,17)(H,18,21). The number of aromatic nitrogens is 4. The molecule has 4 rings (SSSR count). The third-order valence-corrected chi connectivity index (χ3v) is 4.43. The van der Waals surface area contributed by atoms with Crippen molar-refractivity contribution in [2.45, 2.75) is 6.54 Å². The van der Waals surface area contributed by atoms with E-state index in [1.54, 1.807) is 29.8 Å². The van der Waals surface area contributed by atoms with Crippen molar-refractivity contribution in [2.24, 2.45) is 0 Å². The van der Waals surface area contributed by atoms with Crippen LogP contribution in [0.5, 0.6) is 0 Å². The topological polar surface area (TPSA) is 75.1 Å².